The van der Waals surface area contributed by atoms with Crippen LogP contribution in [0.25, 0.3) is 0 Å². The molecule has 0 bridgehead atoms. The highest BCUT2D eigenvalue weighted by Crippen LogP contribution is 2.32. The maximum Gasteiger partial charge on any atom is 0.339 e. The Balaban J connectivity index is 1.47. The number of carbonyl (C=O) groups is 1. The van der Waals surface area contributed by atoms with Crippen molar-refractivity contribution in [2.45, 2.75) is 18.2 Å². The molecule has 0 fully saturated rings. The third-order valence-electron chi connectivity index (χ3n) is 4.98. The van der Waals surface area contributed by atoms with Crippen molar-refractivity contribution in [1.82, 2.24) is 0 Å². The van der Waals surface area contributed by atoms with E-state index >= 15 is 0 Å². The number of ether oxygens (including phenoxy) is 2. The van der Waals surface area contributed by atoms with Crippen LogP contribution in [-0.2, 0) is 10.1 Å². The van der Waals surface area contributed by atoms with Gasteiger partial charge in [-0.3, -0.25) is 14.9 Å². The monoisotopic (exact) mass is 484 g/mol. The van der Waals surface area contributed by atoms with Gasteiger partial charge in [0.1, 0.15) is 10.6 Å². The molecule has 0 aliphatic carbocycles. The summed E-state index contributed by atoms with van der Waals surface area (Å²) in [5.41, 5.74) is 0.716. The first kappa shape index (κ1) is 23.1. The van der Waals surface area contributed by atoms with E-state index in [0.717, 1.165) is 12.5 Å². The van der Waals surface area contributed by atoms with Crippen LogP contribution >= 0.6 is 0 Å². The first-order valence-corrected chi connectivity index (χ1v) is 11.6. The standard InChI is InChI=1S/C23H20N2O8S/c1-15-3-7-18(25(27)28)14-22(15)34(29,30)33-19-8-4-16(5-9-19)23(26)24-17-6-10-20-21(13-17)32-12-2-11-31-20/h3-10,13-14H,2,11-12H2,1H3,(H,24,26). The minimum Gasteiger partial charge on any atom is -0.490 e. The zero-order valence-corrected chi connectivity index (χ0v) is 18.8. The zero-order chi connectivity index (χ0) is 24.3. The molecule has 1 N–H and O–H groups in total. The molecule has 0 atom stereocenters. The summed E-state index contributed by atoms with van der Waals surface area (Å²) in [4.78, 5) is 22.6. The molecular formula is C23H20N2O8S. The fourth-order valence-electron chi connectivity index (χ4n) is 3.25. The molecule has 1 amide bonds. The lowest BCUT2D eigenvalue weighted by Gasteiger charge is -2.11. The second-order valence-corrected chi connectivity index (χ2v) is 8.95. The lowest BCUT2D eigenvalue weighted by Crippen LogP contribution is -2.13. The number of benzene rings is 3. The number of anilines is 1. The average Bonchev–Trinajstić information content (AvgIpc) is 3.04. The van der Waals surface area contributed by atoms with Gasteiger partial charge in [-0.15, -0.1) is 0 Å². The molecule has 0 saturated carbocycles. The van der Waals surface area contributed by atoms with Gasteiger partial charge < -0.3 is 19.0 Å². The molecule has 1 aliphatic rings. The molecule has 1 heterocycles. The number of nitrogens with zero attached hydrogens (tertiary/aromatic N) is 1. The molecule has 11 heteroatoms. The Hall–Kier alpha value is -4.12. The SMILES string of the molecule is Cc1ccc([N+](=O)[O-])cc1S(=O)(=O)Oc1ccc(C(=O)Nc2ccc3c(c2)OCCCO3)cc1. The molecule has 3 aromatic carbocycles. The minimum atomic E-state index is -4.32. The normalized spacial score (nSPS) is 13.0. The lowest BCUT2D eigenvalue weighted by molar-refractivity contribution is -0.385. The van der Waals surface area contributed by atoms with E-state index in [2.05, 4.69) is 5.32 Å². The quantitative estimate of drug-likeness (QED) is 0.314. The van der Waals surface area contributed by atoms with E-state index in [1.165, 1.54) is 43.3 Å². The van der Waals surface area contributed by atoms with Gasteiger partial charge in [0.15, 0.2) is 11.5 Å². The molecule has 0 saturated heterocycles. The van der Waals surface area contributed by atoms with Crippen LogP contribution in [0.3, 0.4) is 0 Å². The smallest absolute Gasteiger partial charge is 0.339 e. The maximum absolute atomic E-state index is 12.7. The Labute approximate surface area is 195 Å². The van der Waals surface area contributed by atoms with E-state index in [9.17, 15) is 23.3 Å². The summed E-state index contributed by atoms with van der Waals surface area (Å²) < 4.78 is 41.6. The number of hydrogen-bond donors (Lipinski definition) is 1. The zero-order valence-electron chi connectivity index (χ0n) is 18.0. The van der Waals surface area contributed by atoms with Crippen LogP contribution in [0.4, 0.5) is 11.4 Å². The summed E-state index contributed by atoms with van der Waals surface area (Å²) >= 11 is 0. The van der Waals surface area contributed by atoms with E-state index in [4.69, 9.17) is 13.7 Å². The third-order valence-corrected chi connectivity index (χ3v) is 6.37. The van der Waals surface area contributed by atoms with Crippen LogP contribution in [0.2, 0.25) is 0 Å². The van der Waals surface area contributed by atoms with Crippen LogP contribution < -0.4 is 19.0 Å². The number of carbonyl (C=O) groups excluding carboxylic acids is 1. The highest BCUT2D eigenvalue weighted by Gasteiger charge is 2.23. The summed E-state index contributed by atoms with van der Waals surface area (Å²) in [5.74, 6) is 0.689. The van der Waals surface area contributed by atoms with Crippen molar-refractivity contribution in [3.8, 4) is 17.2 Å². The Morgan fingerprint density at radius 1 is 1.00 bits per heavy atom. The lowest BCUT2D eigenvalue weighted by atomic mass is 10.2. The number of fused-ring (bicyclic) bond motifs is 1. The first-order chi connectivity index (χ1) is 16.2. The number of nitro benzene ring substituents is 1. The molecule has 0 unspecified atom stereocenters. The molecule has 0 spiro atoms. The minimum absolute atomic E-state index is 0.0435. The van der Waals surface area contributed by atoms with Crippen LogP contribution in [-0.4, -0.2) is 32.5 Å². The molecule has 0 radical (unpaired) electrons. The second kappa shape index (κ2) is 9.40. The number of hydrogen-bond acceptors (Lipinski definition) is 8. The van der Waals surface area contributed by atoms with Gasteiger partial charge in [-0.1, -0.05) is 6.07 Å². The molecule has 3 aromatic rings. The van der Waals surface area contributed by atoms with Gasteiger partial charge in [0.25, 0.3) is 11.6 Å². The van der Waals surface area contributed by atoms with Crippen molar-refractivity contribution >= 4 is 27.4 Å². The fourth-order valence-corrected chi connectivity index (χ4v) is 4.43. The Kier molecular flexibility index (Phi) is 6.37. The van der Waals surface area contributed by atoms with Crippen LogP contribution in [0.5, 0.6) is 17.2 Å². The van der Waals surface area contributed by atoms with Crippen LogP contribution in [0.15, 0.2) is 65.6 Å². The average molecular weight is 484 g/mol. The number of non-ortho nitro benzene ring substituents is 1. The van der Waals surface area contributed by atoms with Gasteiger partial charge in [0.05, 0.1) is 18.1 Å². The predicted molar refractivity (Wildman–Crippen MR) is 122 cm³/mol. The predicted octanol–water partition coefficient (Wildman–Crippen LogP) is 4.08. The maximum atomic E-state index is 12.7. The van der Waals surface area contributed by atoms with Crippen molar-refractivity contribution in [3.05, 3.63) is 81.9 Å². The first-order valence-electron chi connectivity index (χ1n) is 10.2. The Morgan fingerprint density at radius 2 is 1.71 bits per heavy atom. The third kappa shape index (κ3) is 5.09. The van der Waals surface area contributed by atoms with Gasteiger partial charge in [0, 0.05) is 35.9 Å². The largest absolute Gasteiger partial charge is 0.490 e. The summed E-state index contributed by atoms with van der Waals surface area (Å²) in [6, 6.07) is 14.0. The van der Waals surface area contributed by atoms with Crippen molar-refractivity contribution < 1.29 is 31.8 Å². The van der Waals surface area contributed by atoms with Gasteiger partial charge >= 0.3 is 10.1 Å². The van der Waals surface area contributed by atoms with Crippen molar-refractivity contribution in [3.63, 3.8) is 0 Å². The van der Waals surface area contributed by atoms with Gasteiger partial charge in [0.2, 0.25) is 0 Å². The summed E-state index contributed by atoms with van der Waals surface area (Å²) in [5, 5.41) is 13.7. The van der Waals surface area contributed by atoms with Gasteiger partial charge in [-0.2, -0.15) is 8.42 Å². The molecule has 34 heavy (non-hydrogen) atoms. The van der Waals surface area contributed by atoms with Crippen LogP contribution in [0, 0.1) is 17.0 Å². The Morgan fingerprint density at radius 3 is 2.41 bits per heavy atom. The van der Waals surface area contributed by atoms with E-state index in [1.807, 2.05) is 0 Å². The van der Waals surface area contributed by atoms with E-state index in [1.54, 1.807) is 18.2 Å². The van der Waals surface area contributed by atoms with Crippen molar-refractivity contribution in [2.24, 2.45) is 0 Å². The number of amides is 1. The van der Waals surface area contributed by atoms with E-state index < -0.39 is 20.9 Å². The molecule has 10 nitrogen and oxygen atoms in total. The molecule has 1 aliphatic heterocycles. The van der Waals surface area contributed by atoms with Crippen LogP contribution in [0.1, 0.15) is 22.3 Å². The number of rotatable bonds is 6. The van der Waals surface area contributed by atoms with Crippen molar-refractivity contribution in [2.75, 3.05) is 18.5 Å². The molecule has 4 rings (SSSR count). The summed E-state index contributed by atoms with van der Waals surface area (Å²) in [7, 11) is -4.32. The second-order valence-electron chi connectivity index (χ2n) is 7.43. The van der Waals surface area contributed by atoms with Gasteiger partial charge in [-0.25, -0.2) is 0 Å². The number of nitrogens with one attached hydrogen (secondary N) is 1. The highest BCUT2D eigenvalue weighted by atomic mass is 32.2. The highest BCUT2D eigenvalue weighted by molar-refractivity contribution is 7.87. The number of aryl methyl sites for hydroxylation is 1. The van der Waals surface area contributed by atoms with Crippen molar-refractivity contribution in [1.29, 1.82) is 0 Å². The summed E-state index contributed by atoms with van der Waals surface area (Å²) in [6.07, 6.45) is 0.765. The molecular weight excluding hydrogens is 464 g/mol. The van der Waals surface area contributed by atoms with E-state index in [-0.39, 0.29) is 21.9 Å². The fraction of sp³-hybridized carbons (Fsp3) is 0.174. The molecule has 176 valence electrons. The Bertz CT molecular complexity index is 1350. The summed E-state index contributed by atoms with van der Waals surface area (Å²) in [6.45, 7) is 2.58. The topological polar surface area (TPSA) is 134 Å². The number of nitro groups is 1. The van der Waals surface area contributed by atoms with Gasteiger partial charge in [-0.05, 0) is 48.9 Å². The van der Waals surface area contributed by atoms with E-state index in [0.29, 0.717) is 36.0 Å². The molecule has 0 aromatic heterocycles.